The van der Waals surface area contributed by atoms with Crippen LogP contribution in [0.4, 0.5) is 0 Å². The summed E-state index contributed by atoms with van der Waals surface area (Å²) in [4.78, 5) is 17.4. The number of aromatic hydroxyl groups is 1. The van der Waals surface area contributed by atoms with Gasteiger partial charge in [-0.05, 0) is 51.4 Å². The summed E-state index contributed by atoms with van der Waals surface area (Å²) < 4.78 is 5.26. The van der Waals surface area contributed by atoms with Gasteiger partial charge in [0, 0.05) is 62.0 Å². The number of hydrogen-bond donors (Lipinski definition) is 4. The number of piperazine rings is 1. The second-order valence-electron chi connectivity index (χ2n) is 10.8. The summed E-state index contributed by atoms with van der Waals surface area (Å²) in [6.07, 6.45) is 12.8. The highest BCUT2D eigenvalue weighted by molar-refractivity contribution is 5.69. The van der Waals surface area contributed by atoms with Gasteiger partial charge in [0.15, 0.2) is 0 Å². The van der Waals surface area contributed by atoms with Crippen LogP contribution in [0.2, 0.25) is 0 Å². The number of aldehydes is 1. The van der Waals surface area contributed by atoms with Gasteiger partial charge in [-0.25, -0.2) is 0 Å². The Morgan fingerprint density at radius 1 is 1.12 bits per heavy atom. The molecule has 1 saturated carbocycles. The van der Waals surface area contributed by atoms with Crippen molar-refractivity contribution in [2.45, 2.75) is 51.6 Å². The van der Waals surface area contributed by atoms with Gasteiger partial charge in [-0.15, -0.1) is 0 Å². The second kappa shape index (κ2) is 18.2. The number of likely N-dealkylation sites (N-methyl/N-ethyl adjacent to an activating group) is 1. The number of phenolic OH excluding ortho intramolecular Hbond substituents is 1. The predicted octanol–water partition coefficient (Wildman–Crippen LogP) is 3.24. The average Bonchev–Trinajstić information content (AvgIpc) is 2.94. The van der Waals surface area contributed by atoms with E-state index < -0.39 is 0 Å². The van der Waals surface area contributed by atoms with E-state index >= 15 is 0 Å². The molecule has 41 heavy (non-hydrogen) atoms. The number of phenols is 1. The summed E-state index contributed by atoms with van der Waals surface area (Å²) >= 11 is 0. The van der Waals surface area contributed by atoms with E-state index in [1.54, 1.807) is 30.4 Å². The van der Waals surface area contributed by atoms with E-state index in [0.29, 0.717) is 29.3 Å². The Morgan fingerprint density at radius 3 is 2.34 bits per heavy atom. The second-order valence-corrected chi connectivity index (χ2v) is 10.8. The predicted molar refractivity (Wildman–Crippen MR) is 169 cm³/mol. The first kappa shape index (κ1) is 33.9. The van der Waals surface area contributed by atoms with Crippen LogP contribution in [0, 0.1) is 5.92 Å². The number of morpholine rings is 1. The molecule has 4 rings (SSSR count). The van der Waals surface area contributed by atoms with Crippen LogP contribution in [0.25, 0.3) is 5.70 Å². The number of para-hydroxylation sites is 1. The van der Waals surface area contributed by atoms with Crippen molar-refractivity contribution >= 4 is 12.0 Å². The standard InChI is InChI=1S/C18H29N5O.C9H15NO2.C5H8/c1-3-6-13-12-23(10-9-22(13)2)16(18(20)21)11-15(19)14-7-4-5-8-17(14)24;11-7-8-5-9(6-8)10-1-3-12-4-2-10;1-3-5-4-2/h4-5,7-8,11,13,24H,3,6,9-10,12,19-21H2,1-2H3;7-9H,1-6H2;3-5H,1H2,2H3/b15-11-;;5-4-. The van der Waals surface area contributed by atoms with E-state index in [2.05, 4.69) is 35.3 Å². The van der Waals surface area contributed by atoms with Crippen molar-refractivity contribution in [3.05, 3.63) is 72.2 Å². The minimum absolute atomic E-state index is 0.142. The molecule has 1 atom stereocenters. The molecule has 0 bridgehead atoms. The van der Waals surface area contributed by atoms with E-state index in [-0.39, 0.29) is 11.6 Å². The third-order valence-corrected chi connectivity index (χ3v) is 7.78. The van der Waals surface area contributed by atoms with Crippen LogP contribution in [0.3, 0.4) is 0 Å². The SMILES string of the molecule is C=C/C=C\C.CCCC1CN(C(/C=C(\N)c2ccccc2O)=C(N)N)CCN1C.O=CC1CC(N2CCOCC2)C1. The number of carbonyl (C=O) groups is 1. The number of rotatable bonds is 8. The molecule has 0 radical (unpaired) electrons. The Balaban J connectivity index is 0.000000284. The lowest BCUT2D eigenvalue weighted by Gasteiger charge is -2.42. The molecule has 9 heteroatoms. The fraction of sp³-hybridized carbons (Fsp3) is 0.531. The Labute approximate surface area is 247 Å². The van der Waals surface area contributed by atoms with Crippen LogP contribution >= 0.6 is 0 Å². The highest BCUT2D eigenvalue weighted by Crippen LogP contribution is 2.30. The van der Waals surface area contributed by atoms with Crippen LogP contribution in [-0.4, -0.2) is 91.2 Å². The monoisotopic (exact) mass is 568 g/mol. The smallest absolute Gasteiger partial charge is 0.124 e. The van der Waals surface area contributed by atoms with Gasteiger partial charge in [0.2, 0.25) is 0 Å². The van der Waals surface area contributed by atoms with Gasteiger partial charge in [0.05, 0.1) is 18.9 Å². The summed E-state index contributed by atoms with van der Waals surface area (Å²) in [6, 6.07) is 8.11. The number of carbonyl (C=O) groups excluding carboxylic acids is 1. The maximum atomic E-state index is 10.4. The molecule has 3 aliphatic rings. The van der Waals surface area contributed by atoms with E-state index in [0.717, 1.165) is 83.6 Å². The number of allylic oxidation sites excluding steroid dienone is 4. The van der Waals surface area contributed by atoms with E-state index in [1.165, 1.54) is 0 Å². The van der Waals surface area contributed by atoms with Crippen molar-refractivity contribution in [1.29, 1.82) is 0 Å². The molecule has 0 aromatic heterocycles. The molecule has 2 aliphatic heterocycles. The molecule has 0 amide bonds. The summed E-state index contributed by atoms with van der Waals surface area (Å²) in [7, 11) is 2.15. The van der Waals surface area contributed by atoms with E-state index in [4.69, 9.17) is 21.9 Å². The van der Waals surface area contributed by atoms with Gasteiger partial charge in [-0.1, -0.05) is 50.3 Å². The summed E-state index contributed by atoms with van der Waals surface area (Å²) in [5, 5.41) is 9.97. The molecule has 1 aromatic rings. The Kier molecular flexibility index (Phi) is 15.1. The lowest BCUT2D eigenvalue weighted by atomic mass is 9.80. The van der Waals surface area contributed by atoms with Crippen molar-refractivity contribution in [3.63, 3.8) is 0 Å². The molecule has 0 spiro atoms. The van der Waals surface area contributed by atoms with E-state index in [1.807, 2.05) is 25.1 Å². The molecule has 7 N–H and O–H groups in total. The van der Waals surface area contributed by atoms with Crippen molar-refractivity contribution in [3.8, 4) is 5.75 Å². The van der Waals surface area contributed by atoms with Crippen LogP contribution in [0.1, 0.15) is 45.1 Å². The highest BCUT2D eigenvalue weighted by atomic mass is 16.5. The first-order chi connectivity index (χ1) is 19.7. The molecular formula is C32H52N6O3. The van der Waals surface area contributed by atoms with Gasteiger partial charge >= 0.3 is 0 Å². The molecular weight excluding hydrogens is 516 g/mol. The van der Waals surface area contributed by atoms with Crippen molar-refractivity contribution in [2.75, 3.05) is 53.0 Å². The number of benzene rings is 1. The number of ether oxygens (including phenoxy) is 1. The maximum Gasteiger partial charge on any atom is 0.124 e. The molecule has 9 nitrogen and oxygen atoms in total. The lowest BCUT2D eigenvalue weighted by molar-refractivity contribution is -0.116. The zero-order valence-corrected chi connectivity index (χ0v) is 25.3. The van der Waals surface area contributed by atoms with Gasteiger partial charge in [-0.2, -0.15) is 0 Å². The van der Waals surface area contributed by atoms with Crippen LogP contribution in [-0.2, 0) is 9.53 Å². The first-order valence-corrected chi connectivity index (χ1v) is 14.7. The quantitative estimate of drug-likeness (QED) is 0.275. The summed E-state index contributed by atoms with van der Waals surface area (Å²) in [5.74, 6) is 0.731. The summed E-state index contributed by atoms with van der Waals surface area (Å²) in [6.45, 7) is 14.1. The van der Waals surface area contributed by atoms with Crippen molar-refractivity contribution in [1.82, 2.24) is 14.7 Å². The fourth-order valence-electron chi connectivity index (χ4n) is 5.23. The molecule has 1 unspecified atom stereocenters. The zero-order chi connectivity index (χ0) is 30.2. The van der Waals surface area contributed by atoms with Crippen molar-refractivity contribution in [2.24, 2.45) is 23.1 Å². The maximum absolute atomic E-state index is 10.4. The van der Waals surface area contributed by atoms with Crippen LogP contribution in [0.5, 0.6) is 5.75 Å². The van der Waals surface area contributed by atoms with Gasteiger partial charge in [0.1, 0.15) is 17.9 Å². The molecule has 2 saturated heterocycles. The molecule has 3 fully saturated rings. The summed E-state index contributed by atoms with van der Waals surface area (Å²) in [5.41, 5.74) is 19.8. The largest absolute Gasteiger partial charge is 0.507 e. The number of hydrogen-bond acceptors (Lipinski definition) is 9. The zero-order valence-electron chi connectivity index (χ0n) is 25.3. The molecule has 1 aliphatic carbocycles. The third kappa shape index (κ3) is 10.9. The topological polar surface area (TPSA) is 134 Å². The minimum atomic E-state index is 0.142. The Morgan fingerprint density at radius 2 is 1.80 bits per heavy atom. The Hall–Kier alpha value is -3.27. The highest BCUT2D eigenvalue weighted by Gasteiger charge is 2.33. The van der Waals surface area contributed by atoms with Gasteiger partial charge in [0.25, 0.3) is 0 Å². The van der Waals surface area contributed by atoms with Gasteiger partial charge in [-0.3, -0.25) is 9.80 Å². The number of nitrogens with two attached hydrogens (primary N) is 3. The number of nitrogens with zero attached hydrogens (tertiary/aromatic N) is 3. The lowest BCUT2D eigenvalue weighted by Crippen LogP contribution is -2.51. The Bertz CT molecular complexity index is 1020. The van der Waals surface area contributed by atoms with E-state index in [9.17, 15) is 9.90 Å². The normalized spacial score (nSPS) is 23.3. The first-order valence-electron chi connectivity index (χ1n) is 14.7. The molecule has 2 heterocycles. The third-order valence-electron chi connectivity index (χ3n) is 7.78. The van der Waals surface area contributed by atoms with Crippen molar-refractivity contribution < 1.29 is 14.6 Å². The van der Waals surface area contributed by atoms with Crippen LogP contribution in [0.15, 0.2) is 66.7 Å². The molecule has 228 valence electrons. The van der Waals surface area contributed by atoms with Gasteiger partial charge < -0.3 is 36.7 Å². The fourth-order valence-corrected chi connectivity index (χ4v) is 5.23. The van der Waals surface area contributed by atoms with Crippen LogP contribution < -0.4 is 17.2 Å². The average molecular weight is 569 g/mol. The molecule has 1 aromatic carbocycles. The minimum Gasteiger partial charge on any atom is -0.507 e.